The Morgan fingerprint density at radius 3 is 2.50 bits per heavy atom. The second-order valence-electron chi connectivity index (χ2n) is 1.76. The lowest BCUT2D eigenvalue weighted by Crippen LogP contribution is -2.28. The summed E-state index contributed by atoms with van der Waals surface area (Å²) in [5.74, 6) is 0. The molecule has 0 saturated carbocycles. The Labute approximate surface area is 48.1 Å². The van der Waals surface area contributed by atoms with Gasteiger partial charge >= 0.3 is 0 Å². The first-order valence-electron chi connectivity index (χ1n) is 2.24. The van der Waals surface area contributed by atoms with Gasteiger partial charge in [-0.05, 0) is 12.2 Å². The Hall–Kier alpha value is -0.380. The molecule has 0 aliphatic carbocycles. The van der Waals surface area contributed by atoms with Crippen LogP contribution >= 0.6 is 0 Å². The van der Waals surface area contributed by atoms with Gasteiger partial charge in [0.2, 0.25) is 0 Å². The van der Waals surface area contributed by atoms with Crippen LogP contribution in [0.3, 0.4) is 0 Å². The molecule has 0 aliphatic rings. The van der Waals surface area contributed by atoms with E-state index in [-0.39, 0.29) is 6.61 Å². The SMILES string of the molecule is C=CC(C)(CO)O[O]. The van der Waals surface area contributed by atoms with E-state index in [2.05, 4.69) is 11.5 Å². The minimum absolute atomic E-state index is 0.333. The van der Waals surface area contributed by atoms with Crippen molar-refractivity contribution in [2.75, 3.05) is 6.61 Å². The van der Waals surface area contributed by atoms with Crippen LogP contribution in [-0.4, -0.2) is 17.3 Å². The molecular formula is C5H9O3. The molecule has 0 heterocycles. The molecule has 0 fully saturated rings. The van der Waals surface area contributed by atoms with Gasteiger partial charge in [0.25, 0.3) is 0 Å². The Balaban J connectivity index is 3.76. The first-order chi connectivity index (χ1) is 3.68. The smallest absolute Gasteiger partial charge is 0.145 e. The lowest BCUT2D eigenvalue weighted by molar-refractivity contribution is -0.360. The monoisotopic (exact) mass is 117 g/mol. The molecule has 3 nitrogen and oxygen atoms in total. The summed E-state index contributed by atoms with van der Waals surface area (Å²) in [7, 11) is 0. The minimum atomic E-state index is -1.11. The van der Waals surface area contributed by atoms with Gasteiger partial charge in [-0.25, -0.2) is 0 Å². The number of aliphatic hydroxyl groups is 1. The minimum Gasteiger partial charge on any atom is -0.393 e. The van der Waals surface area contributed by atoms with E-state index in [4.69, 9.17) is 5.11 Å². The van der Waals surface area contributed by atoms with E-state index in [1.165, 1.54) is 13.0 Å². The van der Waals surface area contributed by atoms with Gasteiger partial charge in [0.05, 0.1) is 6.61 Å². The zero-order valence-corrected chi connectivity index (χ0v) is 4.76. The van der Waals surface area contributed by atoms with Crippen LogP contribution in [0.2, 0.25) is 0 Å². The summed E-state index contributed by atoms with van der Waals surface area (Å²) in [4.78, 5) is 3.62. The number of hydrogen-bond acceptors (Lipinski definition) is 2. The first-order valence-corrected chi connectivity index (χ1v) is 2.24. The summed E-state index contributed by atoms with van der Waals surface area (Å²) in [5.41, 5.74) is -1.11. The molecule has 0 aromatic rings. The molecule has 0 amide bonds. The average molecular weight is 117 g/mol. The van der Waals surface area contributed by atoms with Gasteiger partial charge in [-0.2, -0.15) is 4.89 Å². The first kappa shape index (κ1) is 7.62. The maximum atomic E-state index is 9.68. The molecule has 1 atom stereocenters. The Kier molecular flexibility index (Phi) is 2.68. The highest BCUT2D eigenvalue weighted by molar-refractivity contribution is 4.91. The lowest BCUT2D eigenvalue weighted by Gasteiger charge is -2.15. The third kappa shape index (κ3) is 1.61. The molecule has 8 heavy (non-hydrogen) atoms. The largest absolute Gasteiger partial charge is 0.393 e. The Bertz CT molecular complexity index is 75.7. The Morgan fingerprint density at radius 1 is 2.00 bits per heavy atom. The molecule has 0 rings (SSSR count). The van der Waals surface area contributed by atoms with Crippen LogP contribution in [0.25, 0.3) is 0 Å². The van der Waals surface area contributed by atoms with Crippen molar-refractivity contribution >= 4 is 0 Å². The molecule has 3 heteroatoms. The summed E-state index contributed by atoms with van der Waals surface area (Å²) >= 11 is 0. The van der Waals surface area contributed by atoms with Gasteiger partial charge in [-0.3, -0.25) is 0 Å². The second-order valence-corrected chi connectivity index (χ2v) is 1.76. The summed E-state index contributed by atoms with van der Waals surface area (Å²) in [6, 6.07) is 0. The Morgan fingerprint density at radius 2 is 2.50 bits per heavy atom. The molecule has 0 aromatic heterocycles. The molecular weight excluding hydrogens is 108 g/mol. The van der Waals surface area contributed by atoms with Crippen molar-refractivity contribution in [1.82, 2.24) is 0 Å². The molecule has 0 aliphatic heterocycles. The second kappa shape index (κ2) is 2.81. The molecule has 0 bridgehead atoms. The van der Waals surface area contributed by atoms with Crippen molar-refractivity contribution in [2.45, 2.75) is 12.5 Å². The van der Waals surface area contributed by atoms with Gasteiger partial charge < -0.3 is 5.11 Å². The van der Waals surface area contributed by atoms with Gasteiger partial charge in [0, 0.05) is 0 Å². The summed E-state index contributed by atoms with van der Waals surface area (Å²) in [5, 5.41) is 18.1. The third-order valence-corrected chi connectivity index (χ3v) is 0.936. The van der Waals surface area contributed by atoms with E-state index in [0.717, 1.165) is 0 Å². The molecule has 0 aromatic carbocycles. The van der Waals surface area contributed by atoms with Gasteiger partial charge in [0.15, 0.2) is 0 Å². The fraction of sp³-hybridized carbons (Fsp3) is 0.600. The molecule has 1 N–H and O–H groups in total. The van der Waals surface area contributed by atoms with Crippen LogP contribution in [0.5, 0.6) is 0 Å². The third-order valence-electron chi connectivity index (χ3n) is 0.936. The van der Waals surface area contributed by atoms with E-state index in [9.17, 15) is 5.26 Å². The highest BCUT2D eigenvalue weighted by Crippen LogP contribution is 2.07. The summed E-state index contributed by atoms with van der Waals surface area (Å²) in [6.07, 6.45) is 1.26. The van der Waals surface area contributed by atoms with Crippen LogP contribution in [0, 0.1) is 0 Å². The van der Waals surface area contributed by atoms with Crippen molar-refractivity contribution in [3.8, 4) is 0 Å². The normalized spacial score (nSPS) is 17.4. The lowest BCUT2D eigenvalue weighted by atomic mass is 10.1. The fourth-order valence-electron chi connectivity index (χ4n) is 0.125. The van der Waals surface area contributed by atoms with Crippen molar-refractivity contribution in [2.24, 2.45) is 0 Å². The van der Waals surface area contributed by atoms with Gasteiger partial charge in [-0.15, -0.1) is 6.58 Å². The van der Waals surface area contributed by atoms with Crippen LogP contribution in [-0.2, 0) is 10.1 Å². The van der Waals surface area contributed by atoms with Crippen LogP contribution in [0.1, 0.15) is 6.92 Å². The highest BCUT2D eigenvalue weighted by atomic mass is 17.1. The van der Waals surface area contributed by atoms with Crippen molar-refractivity contribution in [3.63, 3.8) is 0 Å². The molecule has 47 valence electrons. The summed E-state index contributed by atoms with van der Waals surface area (Å²) < 4.78 is 0. The van der Waals surface area contributed by atoms with Gasteiger partial charge in [0.1, 0.15) is 5.60 Å². The van der Waals surface area contributed by atoms with E-state index < -0.39 is 5.60 Å². The molecule has 0 spiro atoms. The quantitative estimate of drug-likeness (QED) is 0.328. The van der Waals surface area contributed by atoms with Crippen LogP contribution in [0.15, 0.2) is 12.7 Å². The van der Waals surface area contributed by atoms with Crippen LogP contribution < -0.4 is 0 Å². The standard InChI is InChI=1S/C5H9O3/c1-3-5(2,4-6)8-7/h3,6H,1,4H2,2H3. The van der Waals surface area contributed by atoms with E-state index in [0.29, 0.717) is 0 Å². The topological polar surface area (TPSA) is 49.4 Å². The zero-order chi connectivity index (χ0) is 6.62. The fourth-order valence-corrected chi connectivity index (χ4v) is 0.125. The maximum absolute atomic E-state index is 9.68. The molecule has 1 radical (unpaired) electrons. The van der Waals surface area contributed by atoms with Crippen LogP contribution in [0.4, 0.5) is 0 Å². The van der Waals surface area contributed by atoms with Gasteiger partial charge in [-0.1, -0.05) is 6.08 Å². The highest BCUT2D eigenvalue weighted by Gasteiger charge is 2.19. The summed E-state index contributed by atoms with van der Waals surface area (Å²) in [6.45, 7) is 4.41. The van der Waals surface area contributed by atoms with E-state index in [1.807, 2.05) is 0 Å². The van der Waals surface area contributed by atoms with Crippen molar-refractivity contribution in [1.29, 1.82) is 0 Å². The van der Waals surface area contributed by atoms with E-state index in [1.54, 1.807) is 0 Å². The number of rotatable bonds is 3. The predicted octanol–water partition coefficient (Wildman–Crippen LogP) is 0.285. The number of hydrogen-bond donors (Lipinski definition) is 1. The average Bonchev–Trinajstić information content (AvgIpc) is 1.87. The van der Waals surface area contributed by atoms with Crippen molar-refractivity contribution in [3.05, 3.63) is 12.7 Å². The number of aliphatic hydroxyl groups excluding tert-OH is 1. The van der Waals surface area contributed by atoms with Crippen molar-refractivity contribution < 1.29 is 15.3 Å². The molecule has 0 saturated heterocycles. The predicted molar refractivity (Wildman–Crippen MR) is 27.5 cm³/mol. The molecule has 1 unspecified atom stereocenters. The zero-order valence-electron chi connectivity index (χ0n) is 4.76. The van der Waals surface area contributed by atoms with E-state index >= 15 is 0 Å². The maximum Gasteiger partial charge on any atom is 0.145 e.